The maximum atomic E-state index is 12.7. The van der Waals surface area contributed by atoms with E-state index in [-0.39, 0.29) is 6.54 Å². The molecule has 0 radical (unpaired) electrons. The molecule has 134 valence electrons. The van der Waals surface area contributed by atoms with Gasteiger partial charge in [0.15, 0.2) is 0 Å². The third-order valence-corrected chi connectivity index (χ3v) is 3.67. The van der Waals surface area contributed by atoms with Crippen LogP contribution in [0.2, 0.25) is 0 Å². The zero-order valence-corrected chi connectivity index (χ0v) is 13.7. The van der Waals surface area contributed by atoms with Crippen molar-refractivity contribution < 1.29 is 13.2 Å². The van der Waals surface area contributed by atoms with Gasteiger partial charge in [0.25, 0.3) is 0 Å². The number of aromatic nitrogens is 3. The van der Waals surface area contributed by atoms with Gasteiger partial charge in [-0.3, -0.25) is 4.98 Å². The van der Waals surface area contributed by atoms with Crippen molar-refractivity contribution in [2.24, 2.45) is 5.73 Å². The molecule has 0 spiro atoms. The van der Waals surface area contributed by atoms with Crippen molar-refractivity contribution in [2.75, 3.05) is 5.32 Å². The minimum atomic E-state index is -4.37. The minimum absolute atomic E-state index is 0.192. The van der Waals surface area contributed by atoms with Crippen molar-refractivity contribution >= 4 is 5.95 Å². The van der Waals surface area contributed by atoms with Crippen LogP contribution in [-0.2, 0) is 19.3 Å². The van der Waals surface area contributed by atoms with Crippen LogP contribution in [0, 0.1) is 0 Å². The number of pyridine rings is 1. The molecular formula is C18H16F3N5. The first-order valence-corrected chi connectivity index (χ1v) is 7.84. The summed E-state index contributed by atoms with van der Waals surface area (Å²) in [5.41, 5.74) is 7.57. The second-order valence-electron chi connectivity index (χ2n) is 5.56. The number of halogens is 3. The Morgan fingerprint density at radius 3 is 2.42 bits per heavy atom. The van der Waals surface area contributed by atoms with Crippen LogP contribution in [0.5, 0.6) is 0 Å². The average molecular weight is 359 g/mol. The van der Waals surface area contributed by atoms with Gasteiger partial charge in [-0.2, -0.15) is 13.2 Å². The molecule has 0 aliphatic carbocycles. The maximum absolute atomic E-state index is 12.7. The fourth-order valence-corrected chi connectivity index (χ4v) is 2.34. The van der Waals surface area contributed by atoms with E-state index in [0.29, 0.717) is 29.4 Å². The number of hydrogen-bond acceptors (Lipinski definition) is 5. The van der Waals surface area contributed by atoms with Gasteiger partial charge < -0.3 is 11.1 Å². The molecule has 0 bridgehead atoms. The Morgan fingerprint density at radius 1 is 1.04 bits per heavy atom. The predicted molar refractivity (Wildman–Crippen MR) is 91.9 cm³/mol. The summed E-state index contributed by atoms with van der Waals surface area (Å²) < 4.78 is 38.1. The Labute approximate surface area is 148 Å². The highest BCUT2D eigenvalue weighted by atomic mass is 19.4. The number of rotatable bonds is 5. The van der Waals surface area contributed by atoms with Crippen LogP contribution in [0.25, 0.3) is 11.3 Å². The largest absolute Gasteiger partial charge is 0.416 e. The third kappa shape index (κ3) is 4.34. The number of anilines is 1. The lowest BCUT2D eigenvalue weighted by atomic mass is 10.1. The number of nitrogens with two attached hydrogens (primary N) is 1. The van der Waals surface area contributed by atoms with Crippen molar-refractivity contribution in [2.45, 2.75) is 19.3 Å². The fourth-order valence-electron chi connectivity index (χ4n) is 2.34. The Balaban J connectivity index is 1.85. The lowest BCUT2D eigenvalue weighted by Crippen LogP contribution is -2.09. The van der Waals surface area contributed by atoms with Crippen molar-refractivity contribution in [3.63, 3.8) is 0 Å². The molecule has 0 amide bonds. The Kier molecular flexibility index (Phi) is 5.13. The van der Waals surface area contributed by atoms with E-state index in [1.165, 1.54) is 12.1 Å². The molecule has 3 N–H and O–H groups in total. The van der Waals surface area contributed by atoms with Crippen molar-refractivity contribution in [1.82, 2.24) is 15.0 Å². The van der Waals surface area contributed by atoms with Crippen LogP contribution in [-0.4, -0.2) is 15.0 Å². The van der Waals surface area contributed by atoms with Crippen LogP contribution in [0.3, 0.4) is 0 Å². The normalized spacial score (nSPS) is 11.4. The monoisotopic (exact) mass is 359 g/mol. The van der Waals surface area contributed by atoms with Gasteiger partial charge in [0.2, 0.25) is 5.95 Å². The zero-order valence-electron chi connectivity index (χ0n) is 13.7. The summed E-state index contributed by atoms with van der Waals surface area (Å²) >= 11 is 0. The Hall–Kier alpha value is -3.00. The Bertz CT molecular complexity index is 864. The second kappa shape index (κ2) is 7.49. The number of alkyl halides is 3. The van der Waals surface area contributed by atoms with E-state index < -0.39 is 11.7 Å². The van der Waals surface area contributed by atoms with Gasteiger partial charge in [-0.25, -0.2) is 9.97 Å². The van der Waals surface area contributed by atoms with Crippen LogP contribution in [0.4, 0.5) is 19.1 Å². The molecule has 2 aromatic heterocycles. The Morgan fingerprint density at radius 2 is 1.81 bits per heavy atom. The van der Waals surface area contributed by atoms with Gasteiger partial charge in [-0.05, 0) is 29.8 Å². The molecule has 0 aliphatic rings. The summed E-state index contributed by atoms with van der Waals surface area (Å²) in [4.78, 5) is 12.7. The molecule has 2 heterocycles. The first-order valence-electron chi connectivity index (χ1n) is 7.84. The molecule has 8 heteroatoms. The third-order valence-electron chi connectivity index (χ3n) is 3.67. The first kappa shape index (κ1) is 17.8. The van der Waals surface area contributed by atoms with E-state index in [0.717, 1.165) is 17.7 Å². The van der Waals surface area contributed by atoms with Gasteiger partial charge in [-0.15, -0.1) is 0 Å². The molecule has 0 unspecified atom stereocenters. The van der Waals surface area contributed by atoms with Gasteiger partial charge in [0.05, 0.1) is 17.0 Å². The van der Waals surface area contributed by atoms with E-state index in [1.54, 1.807) is 18.5 Å². The molecule has 5 nitrogen and oxygen atoms in total. The molecule has 1 aromatic carbocycles. The summed E-state index contributed by atoms with van der Waals surface area (Å²) in [5, 5.41) is 3.08. The molecular weight excluding hydrogens is 343 g/mol. The van der Waals surface area contributed by atoms with E-state index in [1.807, 2.05) is 12.1 Å². The quantitative estimate of drug-likeness (QED) is 0.727. The predicted octanol–water partition coefficient (Wildman–Crippen LogP) is 3.63. The van der Waals surface area contributed by atoms with Gasteiger partial charge in [-0.1, -0.05) is 18.2 Å². The minimum Gasteiger partial charge on any atom is -0.350 e. The molecule has 26 heavy (non-hydrogen) atoms. The molecule has 0 atom stereocenters. The number of nitrogens with zero attached hydrogens (tertiary/aromatic N) is 3. The summed E-state index contributed by atoms with van der Waals surface area (Å²) in [6.45, 7) is 0.659. The van der Waals surface area contributed by atoms with Crippen LogP contribution >= 0.6 is 0 Å². The summed E-state index contributed by atoms with van der Waals surface area (Å²) in [6, 6.07) is 10.2. The van der Waals surface area contributed by atoms with Gasteiger partial charge in [0.1, 0.15) is 0 Å². The van der Waals surface area contributed by atoms with E-state index >= 15 is 0 Å². The lowest BCUT2D eigenvalue weighted by Gasteiger charge is -2.10. The number of benzene rings is 1. The molecule has 0 saturated heterocycles. The highest BCUT2D eigenvalue weighted by Crippen LogP contribution is 2.30. The first-order chi connectivity index (χ1) is 12.5. The molecule has 3 rings (SSSR count). The summed E-state index contributed by atoms with van der Waals surface area (Å²) in [5.74, 6) is 0.353. The van der Waals surface area contributed by atoms with Crippen LogP contribution in [0.1, 0.15) is 16.8 Å². The average Bonchev–Trinajstić information content (AvgIpc) is 2.66. The summed E-state index contributed by atoms with van der Waals surface area (Å²) in [6.07, 6.45) is -0.975. The topological polar surface area (TPSA) is 76.7 Å². The molecule has 3 aromatic rings. The zero-order chi connectivity index (χ0) is 18.6. The molecule has 0 aliphatic heterocycles. The van der Waals surface area contributed by atoms with Gasteiger partial charge in [0, 0.05) is 31.0 Å². The summed E-state index contributed by atoms with van der Waals surface area (Å²) in [7, 11) is 0. The van der Waals surface area contributed by atoms with Crippen molar-refractivity contribution in [1.29, 1.82) is 0 Å². The van der Waals surface area contributed by atoms with E-state index in [2.05, 4.69) is 20.3 Å². The SMILES string of the molecule is NCc1cc(-c2ccc(C(F)(F)F)cc2)nc(NCc2cccnc2)n1. The fraction of sp³-hybridized carbons (Fsp3) is 0.167. The number of nitrogens with one attached hydrogen (secondary N) is 1. The van der Waals surface area contributed by atoms with E-state index in [9.17, 15) is 13.2 Å². The highest BCUT2D eigenvalue weighted by Gasteiger charge is 2.30. The van der Waals surface area contributed by atoms with Crippen LogP contribution < -0.4 is 11.1 Å². The standard InChI is InChI=1S/C18H16F3N5/c19-18(20,21)14-5-3-13(4-6-14)16-8-15(9-22)25-17(26-16)24-11-12-2-1-7-23-10-12/h1-8,10H,9,11,22H2,(H,24,25,26). The number of hydrogen-bond donors (Lipinski definition) is 2. The highest BCUT2D eigenvalue weighted by molar-refractivity contribution is 5.61. The van der Waals surface area contributed by atoms with Crippen molar-refractivity contribution in [3.05, 3.63) is 71.7 Å². The maximum Gasteiger partial charge on any atom is 0.416 e. The van der Waals surface area contributed by atoms with Gasteiger partial charge >= 0.3 is 6.18 Å². The van der Waals surface area contributed by atoms with Crippen molar-refractivity contribution in [3.8, 4) is 11.3 Å². The molecule has 0 saturated carbocycles. The van der Waals surface area contributed by atoms with E-state index in [4.69, 9.17) is 5.73 Å². The lowest BCUT2D eigenvalue weighted by molar-refractivity contribution is -0.137. The smallest absolute Gasteiger partial charge is 0.350 e. The second-order valence-corrected chi connectivity index (χ2v) is 5.56. The molecule has 0 fully saturated rings. The van der Waals surface area contributed by atoms with Crippen LogP contribution in [0.15, 0.2) is 54.9 Å².